The SMILES string of the molecule is CN(CC1COc2ccccc2O1)C(=O)CCNC(=O)NC1CCCCC1. The van der Waals surface area contributed by atoms with E-state index in [1.54, 1.807) is 11.9 Å². The topological polar surface area (TPSA) is 79.9 Å². The van der Waals surface area contributed by atoms with Gasteiger partial charge in [-0.2, -0.15) is 0 Å². The molecule has 3 amide bonds. The van der Waals surface area contributed by atoms with Gasteiger partial charge < -0.3 is 25.0 Å². The number of rotatable bonds is 6. The van der Waals surface area contributed by atoms with Crippen molar-refractivity contribution in [2.45, 2.75) is 50.7 Å². The summed E-state index contributed by atoms with van der Waals surface area (Å²) in [6.45, 7) is 1.19. The van der Waals surface area contributed by atoms with Crippen LogP contribution < -0.4 is 20.1 Å². The Kier molecular flexibility index (Phi) is 6.79. The minimum absolute atomic E-state index is 0.0320. The first-order valence-corrected chi connectivity index (χ1v) is 9.78. The summed E-state index contributed by atoms with van der Waals surface area (Å²) in [5, 5.41) is 5.76. The second-order valence-corrected chi connectivity index (χ2v) is 7.26. The first-order valence-electron chi connectivity index (χ1n) is 9.78. The van der Waals surface area contributed by atoms with Crippen LogP contribution in [0.2, 0.25) is 0 Å². The molecule has 3 rings (SSSR count). The largest absolute Gasteiger partial charge is 0.486 e. The van der Waals surface area contributed by atoms with Crippen LogP contribution in [0, 0.1) is 0 Å². The summed E-state index contributed by atoms with van der Waals surface area (Å²) in [5.41, 5.74) is 0. The highest BCUT2D eigenvalue weighted by Crippen LogP contribution is 2.30. The van der Waals surface area contributed by atoms with Crippen LogP contribution >= 0.6 is 0 Å². The molecule has 1 saturated carbocycles. The minimum Gasteiger partial charge on any atom is -0.486 e. The van der Waals surface area contributed by atoms with E-state index in [4.69, 9.17) is 9.47 Å². The van der Waals surface area contributed by atoms with Crippen molar-refractivity contribution in [1.29, 1.82) is 0 Å². The Balaban J connectivity index is 1.34. The lowest BCUT2D eigenvalue weighted by atomic mass is 9.96. The second kappa shape index (κ2) is 9.48. The Morgan fingerprint density at radius 1 is 1.15 bits per heavy atom. The second-order valence-electron chi connectivity index (χ2n) is 7.26. The van der Waals surface area contributed by atoms with Gasteiger partial charge in [0.15, 0.2) is 17.6 Å². The van der Waals surface area contributed by atoms with E-state index in [1.807, 2.05) is 24.3 Å². The lowest BCUT2D eigenvalue weighted by Gasteiger charge is -2.29. The zero-order valence-electron chi connectivity index (χ0n) is 15.9. The molecular weight excluding hydrogens is 346 g/mol. The molecule has 1 unspecified atom stereocenters. The number of likely N-dealkylation sites (N-methyl/N-ethyl adjacent to an activating group) is 1. The van der Waals surface area contributed by atoms with E-state index in [-0.39, 0.29) is 30.5 Å². The third-order valence-electron chi connectivity index (χ3n) is 5.04. The number of ether oxygens (including phenoxy) is 2. The van der Waals surface area contributed by atoms with Crippen LogP contribution in [-0.2, 0) is 4.79 Å². The molecule has 1 aromatic rings. The highest BCUT2D eigenvalue weighted by molar-refractivity contribution is 5.78. The number of benzene rings is 1. The van der Waals surface area contributed by atoms with Gasteiger partial charge in [-0.25, -0.2) is 4.79 Å². The molecule has 0 aromatic heterocycles. The molecule has 1 fully saturated rings. The number of urea groups is 1. The van der Waals surface area contributed by atoms with Gasteiger partial charge in [0.25, 0.3) is 0 Å². The van der Waals surface area contributed by atoms with Crippen molar-refractivity contribution in [2.75, 3.05) is 26.7 Å². The van der Waals surface area contributed by atoms with Gasteiger partial charge in [0.05, 0.1) is 6.54 Å². The molecule has 0 bridgehead atoms. The summed E-state index contributed by atoms with van der Waals surface area (Å²) in [6.07, 6.45) is 5.75. The lowest BCUT2D eigenvalue weighted by Crippen LogP contribution is -2.45. The number of carbonyl (C=O) groups excluding carboxylic acids is 2. The minimum atomic E-state index is -0.198. The van der Waals surface area contributed by atoms with E-state index in [0.717, 1.165) is 18.6 Å². The third-order valence-corrected chi connectivity index (χ3v) is 5.04. The standard InChI is InChI=1S/C20H29N3O4/c1-23(13-16-14-26-17-9-5-6-10-18(17)27-16)19(24)11-12-21-20(25)22-15-7-3-2-4-8-15/h5-6,9-10,15-16H,2-4,7-8,11-14H2,1H3,(H2,21,22,25). The van der Waals surface area contributed by atoms with E-state index in [2.05, 4.69) is 10.6 Å². The fraction of sp³-hybridized carbons (Fsp3) is 0.600. The van der Waals surface area contributed by atoms with Gasteiger partial charge >= 0.3 is 6.03 Å². The molecule has 2 aliphatic rings. The Labute approximate surface area is 160 Å². The van der Waals surface area contributed by atoms with E-state index < -0.39 is 0 Å². The summed E-state index contributed by atoms with van der Waals surface area (Å²) >= 11 is 0. The molecule has 148 valence electrons. The van der Waals surface area contributed by atoms with Crippen LogP contribution in [0.5, 0.6) is 11.5 Å². The molecule has 0 saturated heterocycles. The van der Waals surface area contributed by atoms with E-state index in [1.165, 1.54) is 19.3 Å². The summed E-state index contributed by atoms with van der Waals surface area (Å²) in [4.78, 5) is 25.8. The fourth-order valence-electron chi connectivity index (χ4n) is 3.52. The average Bonchev–Trinajstić information content (AvgIpc) is 2.68. The molecule has 1 heterocycles. The summed E-state index contributed by atoms with van der Waals surface area (Å²) < 4.78 is 11.6. The molecular formula is C20H29N3O4. The summed E-state index contributed by atoms with van der Waals surface area (Å²) in [6, 6.07) is 7.60. The predicted octanol–water partition coefficient (Wildman–Crippen LogP) is 2.31. The van der Waals surface area contributed by atoms with Crippen LogP contribution in [0.1, 0.15) is 38.5 Å². The Morgan fingerprint density at radius 2 is 1.89 bits per heavy atom. The first kappa shape index (κ1) is 19.3. The first-order chi connectivity index (χ1) is 13.1. The molecule has 0 radical (unpaired) electrons. The van der Waals surface area contributed by atoms with Gasteiger partial charge in [-0.15, -0.1) is 0 Å². The van der Waals surface area contributed by atoms with Gasteiger partial charge in [0.1, 0.15) is 6.61 Å². The molecule has 1 aromatic carbocycles. The maximum absolute atomic E-state index is 12.3. The predicted molar refractivity (Wildman–Crippen MR) is 102 cm³/mol. The van der Waals surface area contributed by atoms with E-state index in [9.17, 15) is 9.59 Å². The quantitative estimate of drug-likeness (QED) is 0.800. The maximum atomic E-state index is 12.3. The van der Waals surface area contributed by atoms with Crippen molar-refractivity contribution >= 4 is 11.9 Å². The highest BCUT2D eigenvalue weighted by atomic mass is 16.6. The molecule has 7 heteroatoms. The van der Waals surface area contributed by atoms with Crippen LogP contribution in [0.3, 0.4) is 0 Å². The molecule has 1 aliphatic heterocycles. The third kappa shape index (κ3) is 5.77. The van der Waals surface area contributed by atoms with Gasteiger partial charge in [0, 0.05) is 26.1 Å². The normalized spacial score (nSPS) is 19.2. The Hall–Kier alpha value is -2.44. The fourth-order valence-corrected chi connectivity index (χ4v) is 3.52. The number of nitrogens with zero attached hydrogens (tertiary/aromatic N) is 1. The molecule has 1 atom stereocenters. The maximum Gasteiger partial charge on any atom is 0.315 e. The number of fused-ring (bicyclic) bond motifs is 1. The lowest BCUT2D eigenvalue weighted by molar-refractivity contribution is -0.131. The summed E-state index contributed by atoms with van der Waals surface area (Å²) in [5.74, 6) is 1.40. The number of hydrogen-bond donors (Lipinski definition) is 2. The van der Waals surface area contributed by atoms with Crippen molar-refractivity contribution in [3.63, 3.8) is 0 Å². The summed E-state index contributed by atoms with van der Waals surface area (Å²) in [7, 11) is 1.74. The molecule has 27 heavy (non-hydrogen) atoms. The number of amides is 3. The Morgan fingerprint density at radius 3 is 2.67 bits per heavy atom. The number of hydrogen-bond acceptors (Lipinski definition) is 4. The van der Waals surface area contributed by atoms with Crippen LogP contribution in [0.25, 0.3) is 0 Å². The van der Waals surface area contributed by atoms with E-state index in [0.29, 0.717) is 25.4 Å². The smallest absolute Gasteiger partial charge is 0.315 e. The molecule has 7 nitrogen and oxygen atoms in total. The molecule has 0 spiro atoms. The van der Waals surface area contributed by atoms with Gasteiger partial charge in [0.2, 0.25) is 5.91 Å². The Bertz CT molecular complexity index is 646. The molecule has 2 N–H and O–H groups in total. The van der Waals surface area contributed by atoms with Crippen molar-refractivity contribution in [2.24, 2.45) is 0 Å². The van der Waals surface area contributed by atoms with Crippen molar-refractivity contribution in [3.05, 3.63) is 24.3 Å². The number of nitrogens with one attached hydrogen (secondary N) is 2. The zero-order valence-corrected chi connectivity index (χ0v) is 15.9. The van der Waals surface area contributed by atoms with Crippen LogP contribution in [0.15, 0.2) is 24.3 Å². The highest BCUT2D eigenvalue weighted by Gasteiger charge is 2.23. The van der Waals surface area contributed by atoms with Crippen LogP contribution in [-0.4, -0.2) is 55.7 Å². The van der Waals surface area contributed by atoms with Crippen molar-refractivity contribution in [1.82, 2.24) is 15.5 Å². The monoisotopic (exact) mass is 375 g/mol. The molecule has 1 aliphatic carbocycles. The van der Waals surface area contributed by atoms with Gasteiger partial charge in [-0.3, -0.25) is 4.79 Å². The van der Waals surface area contributed by atoms with Crippen LogP contribution in [0.4, 0.5) is 4.79 Å². The average molecular weight is 375 g/mol. The van der Waals surface area contributed by atoms with Crippen molar-refractivity contribution in [3.8, 4) is 11.5 Å². The van der Waals surface area contributed by atoms with Crippen molar-refractivity contribution < 1.29 is 19.1 Å². The zero-order chi connectivity index (χ0) is 19.1. The van der Waals surface area contributed by atoms with E-state index >= 15 is 0 Å². The van der Waals surface area contributed by atoms with Gasteiger partial charge in [-0.1, -0.05) is 31.4 Å². The number of carbonyl (C=O) groups is 2. The van der Waals surface area contributed by atoms with Gasteiger partial charge in [-0.05, 0) is 25.0 Å². The number of para-hydroxylation sites is 2.